The van der Waals surface area contributed by atoms with Crippen molar-refractivity contribution in [3.63, 3.8) is 0 Å². The monoisotopic (exact) mass is 733 g/mol. The van der Waals surface area contributed by atoms with Gasteiger partial charge in [0.05, 0.1) is 22.5 Å². The Balaban J connectivity index is 0.876. The van der Waals surface area contributed by atoms with E-state index in [4.69, 9.17) is 11.6 Å². The van der Waals surface area contributed by atoms with Gasteiger partial charge in [0.15, 0.2) is 5.78 Å². The number of hydrogen-bond acceptors (Lipinski definition) is 8. The zero-order valence-corrected chi connectivity index (χ0v) is 32.4. The number of Topliss-reactive ketones (excluding diaryl/α,β-unsaturated/α-hetero) is 1. The summed E-state index contributed by atoms with van der Waals surface area (Å²) in [4.78, 5) is 42.2. The average Bonchev–Trinajstić information content (AvgIpc) is 3.48. The first-order chi connectivity index (χ1) is 25.5. The smallest absolute Gasteiger partial charge is 0.272 e. The minimum absolute atomic E-state index is 0.00260. The lowest BCUT2D eigenvalue weighted by atomic mass is 9.76. The summed E-state index contributed by atoms with van der Waals surface area (Å²) >= 11 is 6.37. The standard InChI is InChI=1S/C43H52ClN7O2/c1-6-29(2)31(4)38-11-9-34(21-39(38)32(5)52)48-17-19-49(20-18-48)37-26-50(27-37)42(53)41-12-10-36(25-46-41)47-15-13-43(14-16-47)23-30(3)51(28-43)35-8-7-33(24-45)40(44)22-35/h7-12,21-22,25,29-30,37H,4,6,13-20,23,26-28H2,1-3,5H3. The molecule has 4 fully saturated rings. The summed E-state index contributed by atoms with van der Waals surface area (Å²) in [6.07, 6.45) is 6.20. The number of aromatic nitrogens is 1. The Morgan fingerprint density at radius 3 is 2.26 bits per heavy atom. The molecule has 2 aromatic carbocycles. The molecular weight excluding hydrogens is 682 g/mol. The molecule has 4 aliphatic heterocycles. The fraction of sp³-hybridized carbons (Fsp3) is 0.488. The second kappa shape index (κ2) is 15.2. The van der Waals surface area contributed by atoms with Gasteiger partial charge in [-0.1, -0.05) is 38.1 Å². The van der Waals surface area contributed by atoms with Crippen molar-refractivity contribution < 1.29 is 9.59 Å². The van der Waals surface area contributed by atoms with Crippen LogP contribution in [0.25, 0.3) is 5.57 Å². The summed E-state index contributed by atoms with van der Waals surface area (Å²) in [6.45, 7) is 20.5. The van der Waals surface area contributed by atoms with Crippen molar-refractivity contribution in [3.05, 3.63) is 88.7 Å². The van der Waals surface area contributed by atoms with Crippen molar-refractivity contribution in [2.24, 2.45) is 11.3 Å². The number of ketones is 1. The molecule has 2 unspecified atom stereocenters. The number of piperidine rings is 1. The van der Waals surface area contributed by atoms with Gasteiger partial charge in [0.1, 0.15) is 11.8 Å². The van der Waals surface area contributed by atoms with Crippen LogP contribution in [-0.4, -0.2) is 97.5 Å². The van der Waals surface area contributed by atoms with E-state index in [1.165, 1.54) is 0 Å². The van der Waals surface area contributed by atoms with Crippen LogP contribution in [0.15, 0.2) is 61.3 Å². The molecule has 0 saturated carbocycles. The summed E-state index contributed by atoms with van der Waals surface area (Å²) in [5.74, 6) is 0.411. The van der Waals surface area contributed by atoms with E-state index in [1.54, 1.807) is 6.92 Å². The van der Waals surface area contributed by atoms with E-state index in [0.29, 0.717) is 34.3 Å². The predicted molar refractivity (Wildman–Crippen MR) is 214 cm³/mol. The Hall–Kier alpha value is -4.39. The van der Waals surface area contributed by atoms with Crippen LogP contribution >= 0.6 is 11.6 Å². The number of pyridine rings is 1. The summed E-state index contributed by atoms with van der Waals surface area (Å²) < 4.78 is 0. The number of carbonyl (C=O) groups is 2. The lowest BCUT2D eigenvalue weighted by molar-refractivity contribution is 0.0242. The van der Waals surface area contributed by atoms with Crippen LogP contribution in [-0.2, 0) is 0 Å². The number of carbonyl (C=O) groups excluding carboxylic acids is 2. The minimum atomic E-state index is 0.00260. The van der Waals surface area contributed by atoms with E-state index < -0.39 is 0 Å². The van der Waals surface area contributed by atoms with Gasteiger partial charge in [0.25, 0.3) is 5.91 Å². The van der Waals surface area contributed by atoms with Crippen LogP contribution in [0.1, 0.15) is 85.4 Å². The lowest BCUT2D eigenvalue weighted by Crippen LogP contribution is -2.64. The van der Waals surface area contributed by atoms with Crippen molar-refractivity contribution in [2.75, 3.05) is 73.6 Å². The van der Waals surface area contributed by atoms with Crippen LogP contribution in [0.5, 0.6) is 0 Å². The van der Waals surface area contributed by atoms with Crippen LogP contribution in [0.3, 0.4) is 0 Å². The maximum absolute atomic E-state index is 13.4. The largest absolute Gasteiger partial charge is 0.370 e. The molecule has 1 amide bonds. The number of piperazine rings is 1. The molecule has 0 bridgehead atoms. The van der Waals surface area contributed by atoms with Crippen molar-refractivity contribution in [2.45, 2.75) is 65.5 Å². The van der Waals surface area contributed by atoms with Gasteiger partial charge in [0.2, 0.25) is 0 Å². The van der Waals surface area contributed by atoms with Gasteiger partial charge in [-0.05, 0) is 104 Å². The van der Waals surface area contributed by atoms with Crippen LogP contribution < -0.4 is 14.7 Å². The van der Waals surface area contributed by atoms with Crippen molar-refractivity contribution in [1.82, 2.24) is 14.8 Å². The molecule has 53 heavy (non-hydrogen) atoms. The molecule has 1 aromatic heterocycles. The highest BCUT2D eigenvalue weighted by Crippen LogP contribution is 2.46. The summed E-state index contributed by atoms with van der Waals surface area (Å²) in [5.41, 5.74) is 7.28. The van der Waals surface area contributed by atoms with Crippen LogP contribution in [0.2, 0.25) is 5.02 Å². The number of nitriles is 1. The molecule has 0 aliphatic carbocycles. The molecule has 1 spiro atoms. The maximum Gasteiger partial charge on any atom is 0.272 e. The number of halogens is 1. The Labute approximate surface area is 319 Å². The number of likely N-dealkylation sites (tertiary alicyclic amines) is 1. The van der Waals surface area contributed by atoms with Gasteiger partial charge in [-0.25, -0.2) is 4.98 Å². The number of benzene rings is 2. The van der Waals surface area contributed by atoms with E-state index >= 15 is 0 Å². The predicted octanol–water partition coefficient (Wildman–Crippen LogP) is 7.40. The molecule has 10 heteroatoms. The van der Waals surface area contributed by atoms with Gasteiger partial charge >= 0.3 is 0 Å². The molecule has 3 aromatic rings. The fourth-order valence-electron chi connectivity index (χ4n) is 8.91. The van der Waals surface area contributed by atoms with Crippen LogP contribution in [0, 0.1) is 22.7 Å². The minimum Gasteiger partial charge on any atom is -0.370 e. The molecule has 4 aliphatic rings. The van der Waals surface area contributed by atoms with Crippen molar-refractivity contribution in [3.8, 4) is 6.07 Å². The second-order valence-electron chi connectivity index (χ2n) is 15.9. The zero-order chi connectivity index (χ0) is 37.4. The third kappa shape index (κ3) is 7.41. The number of hydrogen-bond donors (Lipinski definition) is 0. The molecule has 5 heterocycles. The Kier molecular flexibility index (Phi) is 10.6. The first-order valence-electron chi connectivity index (χ1n) is 19.3. The second-order valence-corrected chi connectivity index (χ2v) is 16.3. The van der Waals surface area contributed by atoms with Gasteiger partial charge in [-0.15, -0.1) is 0 Å². The third-order valence-corrected chi connectivity index (χ3v) is 12.9. The van der Waals surface area contributed by atoms with Gasteiger partial charge in [-0.3, -0.25) is 14.5 Å². The van der Waals surface area contributed by atoms with Gasteiger partial charge in [0, 0.05) is 87.9 Å². The topological polar surface area (TPSA) is 87.0 Å². The highest BCUT2D eigenvalue weighted by atomic mass is 35.5. The van der Waals surface area contributed by atoms with E-state index in [2.05, 4.69) is 76.2 Å². The molecule has 9 nitrogen and oxygen atoms in total. The molecule has 278 valence electrons. The average molecular weight is 734 g/mol. The number of allylic oxidation sites excluding steroid dienone is 1. The molecule has 4 saturated heterocycles. The summed E-state index contributed by atoms with van der Waals surface area (Å²) in [7, 11) is 0. The first kappa shape index (κ1) is 36.9. The molecule has 0 radical (unpaired) electrons. The summed E-state index contributed by atoms with van der Waals surface area (Å²) in [5, 5.41) is 9.78. The van der Waals surface area contributed by atoms with E-state index in [0.717, 1.165) is 118 Å². The lowest BCUT2D eigenvalue weighted by Gasteiger charge is -2.48. The first-order valence-corrected chi connectivity index (χ1v) is 19.7. The SMILES string of the molecule is C=C(c1ccc(N2CCN(C3CN(C(=O)c4ccc(N5CCC6(CC5)CC(C)N(c5ccc(C#N)c(Cl)c5)C6)cn4)C3)CC2)cc1C(C)=O)C(C)CC. The Morgan fingerprint density at radius 1 is 0.962 bits per heavy atom. The zero-order valence-electron chi connectivity index (χ0n) is 31.7. The third-order valence-electron chi connectivity index (χ3n) is 12.6. The molecular formula is C43H52ClN7O2. The molecule has 7 rings (SSSR count). The maximum atomic E-state index is 13.4. The van der Waals surface area contributed by atoms with Crippen molar-refractivity contribution in [1.29, 1.82) is 5.26 Å². The normalized spacial score (nSPS) is 21.0. The number of amides is 1. The van der Waals surface area contributed by atoms with E-state index in [-0.39, 0.29) is 17.1 Å². The molecule has 2 atom stereocenters. The fourth-order valence-corrected chi connectivity index (χ4v) is 9.13. The van der Waals surface area contributed by atoms with Crippen LogP contribution in [0.4, 0.5) is 17.1 Å². The quantitative estimate of drug-likeness (QED) is 0.211. The summed E-state index contributed by atoms with van der Waals surface area (Å²) in [6, 6.07) is 18.9. The Morgan fingerprint density at radius 2 is 1.64 bits per heavy atom. The number of nitrogens with zero attached hydrogens (tertiary/aromatic N) is 7. The highest BCUT2D eigenvalue weighted by molar-refractivity contribution is 6.32. The van der Waals surface area contributed by atoms with Crippen molar-refractivity contribution >= 4 is 45.9 Å². The highest BCUT2D eigenvalue weighted by Gasteiger charge is 2.44. The Bertz CT molecular complexity index is 1900. The number of anilines is 3. The molecule has 0 N–H and O–H groups in total. The van der Waals surface area contributed by atoms with E-state index in [9.17, 15) is 14.9 Å². The van der Waals surface area contributed by atoms with E-state index in [1.807, 2.05) is 41.4 Å². The number of rotatable bonds is 9. The van der Waals surface area contributed by atoms with Gasteiger partial charge in [-0.2, -0.15) is 5.26 Å². The van der Waals surface area contributed by atoms with Gasteiger partial charge < -0.3 is 19.6 Å².